The number of benzene rings is 1. The Hall–Kier alpha value is -2.06. The summed E-state index contributed by atoms with van der Waals surface area (Å²) in [6.45, 7) is 6.43. The topological polar surface area (TPSA) is 58.7 Å². The van der Waals surface area contributed by atoms with Crippen LogP contribution < -0.4 is 5.56 Å². The Bertz CT molecular complexity index is 793. The van der Waals surface area contributed by atoms with Crippen LogP contribution in [0.25, 0.3) is 11.3 Å². The molecule has 5 heteroatoms. The Labute approximate surface area is 134 Å². The molecule has 22 heavy (non-hydrogen) atoms. The summed E-state index contributed by atoms with van der Waals surface area (Å²) in [5.74, 6) is 0. The van der Waals surface area contributed by atoms with E-state index in [0.717, 1.165) is 5.56 Å². The van der Waals surface area contributed by atoms with E-state index in [1.165, 1.54) is 21.9 Å². The summed E-state index contributed by atoms with van der Waals surface area (Å²) < 4.78 is 1.41. The van der Waals surface area contributed by atoms with E-state index in [-0.39, 0.29) is 16.5 Å². The number of nitriles is 1. The van der Waals surface area contributed by atoms with Gasteiger partial charge in [0.05, 0.1) is 5.69 Å². The standard InChI is InChI=1S/C17H19N3OS/c1-17(2,3)12-8-6-11(7-9-12)14-13(10-18)15(21)20(4)16(19-14)22-5/h6-9H,1-5H3. The highest BCUT2D eigenvalue weighted by molar-refractivity contribution is 7.98. The lowest BCUT2D eigenvalue weighted by atomic mass is 9.86. The van der Waals surface area contributed by atoms with E-state index in [1.54, 1.807) is 7.05 Å². The van der Waals surface area contributed by atoms with Gasteiger partial charge in [-0.05, 0) is 17.2 Å². The van der Waals surface area contributed by atoms with Crippen LogP contribution in [-0.2, 0) is 12.5 Å². The molecule has 0 radical (unpaired) electrons. The average molecular weight is 313 g/mol. The van der Waals surface area contributed by atoms with Crippen LogP contribution in [-0.4, -0.2) is 15.8 Å². The summed E-state index contributed by atoms with van der Waals surface area (Å²) in [6, 6.07) is 9.89. The minimum Gasteiger partial charge on any atom is -0.290 e. The third-order valence-electron chi connectivity index (χ3n) is 3.57. The van der Waals surface area contributed by atoms with Crippen molar-refractivity contribution in [3.8, 4) is 17.3 Å². The molecule has 4 nitrogen and oxygen atoms in total. The van der Waals surface area contributed by atoms with Gasteiger partial charge in [-0.2, -0.15) is 5.26 Å². The molecular formula is C17H19N3OS. The fraction of sp³-hybridized carbons (Fsp3) is 0.353. The van der Waals surface area contributed by atoms with Gasteiger partial charge in [0, 0.05) is 12.6 Å². The number of thioether (sulfide) groups is 1. The molecule has 0 amide bonds. The van der Waals surface area contributed by atoms with Gasteiger partial charge < -0.3 is 0 Å². The highest BCUT2D eigenvalue weighted by atomic mass is 32.2. The predicted octanol–water partition coefficient (Wildman–Crippen LogP) is 3.34. The first-order valence-corrected chi connectivity index (χ1v) is 8.18. The van der Waals surface area contributed by atoms with Gasteiger partial charge in [-0.1, -0.05) is 56.8 Å². The maximum Gasteiger partial charge on any atom is 0.272 e. The van der Waals surface area contributed by atoms with Crippen LogP contribution in [0.5, 0.6) is 0 Å². The number of nitrogens with zero attached hydrogens (tertiary/aromatic N) is 3. The fourth-order valence-electron chi connectivity index (χ4n) is 2.20. The van der Waals surface area contributed by atoms with Crippen LogP contribution >= 0.6 is 11.8 Å². The minimum absolute atomic E-state index is 0.0568. The van der Waals surface area contributed by atoms with Crippen LogP contribution in [0.1, 0.15) is 31.9 Å². The number of hydrogen-bond acceptors (Lipinski definition) is 4. The quantitative estimate of drug-likeness (QED) is 0.630. The molecule has 0 bridgehead atoms. The Morgan fingerprint density at radius 2 is 1.82 bits per heavy atom. The molecule has 0 saturated carbocycles. The van der Waals surface area contributed by atoms with E-state index < -0.39 is 0 Å². The van der Waals surface area contributed by atoms with Gasteiger partial charge in [0.1, 0.15) is 11.6 Å². The lowest BCUT2D eigenvalue weighted by Crippen LogP contribution is -2.23. The molecule has 2 rings (SSSR count). The second kappa shape index (κ2) is 5.98. The molecule has 0 N–H and O–H groups in total. The van der Waals surface area contributed by atoms with Crippen molar-refractivity contribution in [3.63, 3.8) is 0 Å². The highest BCUT2D eigenvalue weighted by Crippen LogP contribution is 2.27. The van der Waals surface area contributed by atoms with Crippen molar-refractivity contribution in [2.24, 2.45) is 7.05 Å². The van der Waals surface area contributed by atoms with Gasteiger partial charge in [0.2, 0.25) is 0 Å². The highest BCUT2D eigenvalue weighted by Gasteiger charge is 2.17. The summed E-state index contributed by atoms with van der Waals surface area (Å²) in [5.41, 5.74) is 2.28. The Morgan fingerprint density at radius 3 is 2.27 bits per heavy atom. The van der Waals surface area contributed by atoms with Crippen molar-refractivity contribution in [1.29, 1.82) is 5.26 Å². The summed E-state index contributed by atoms with van der Waals surface area (Å²) in [5, 5.41) is 9.92. The Morgan fingerprint density at radius 1 is 1.23 bits per heavy atom. The molecule has 1 heterocycles. The zero-order chi connectivity index (χ0) is 16.5. The molecular weight excluding hydrogens is 294 g/mol. The molecule has 0 aliphatic heterocycles. The number of hydrogen-bond donors (Lipinski definition) is 0. The van der Waals surface area contributed by atoms with Crippen LogP contribution in [0.15, 0.2) is 34.2 Å². The van der Waals surface area contributed by atoms with Gasteiger partial charge in [-0.15, -0.1) is 0 Å². The van der Waals surface area contributed by atoms with E-state index in [9.17, 15) is 10.1 Å². The third-order valence-corrected chi connectivity index (χ3v) is 4.30. The molecule has 0 spiro atoms. The largest absolute Gasteiger partial charge is 0.290 e. The summed E-state index contributed by atoms with van der Waals surface area (Å²) in [7, 11) is 1.63. The van der Waals surface area contributed by atoms with Crippen LogP contribution in [0.2, 0.25) is 0 Å². The maximum atomic E-state index is 12.3. The van der Waals surface area contributed by atoms with Crippen LogP contribution in [0.4, 0.5) is 0 Å². The zero-order valence-electron chi connectivity index (χ0n) is 13.5. The van der Waals surface area contributed by atoms with Crippen molar-refractivity contribution < 1.29 is 0 Å². The van der Waals surface area contributed by atoms with Crippen molar-refractivity contribution in [3.05, 3.63) is 45.7 Å². The lowest BCUT2D eigenvalue weighted by molar-refractivity contribution is 0.590. The lowest BCUT2D eigenvalue weighted by Gasteiger charge is -2.19. The number of rotatable bonds is 2. The third kappa shape index (κ3) is 2.93. The van der Waals surface area contributed by atoms with Gasteiger partial charge in [-0.3, -0.25) is 9.36 Å². The van der Waals surface area contributed by atoms with E-state index in [2.05, 4.69) is 25.8 Å². The van der Waals surface area contributed by atoms with Gasteiger partial charge in [0.15, 0.2) is 5.16 Å². The molecule has 0 atom stereocenters. The molecule has 1 aromatic heterocycles. The minimum atomic E-state index is -0.309. The molecule has 1 aromatic carbocycles. The molecule has 0 saturated heterocycles. The SMILES string of the molecule is CSc1nc(-c2ccc(C(C)(C)C)cc2)c(C#N)c(=O)n1C. The molecule has 2 aromatic rings. The molecule has 0 aliphatic carbocycles. The fourth-order valence-corrected chi connectivity index (χ4v) is 2.74. The first-order chi connectivity index (χ1) is 10.3. The molecule has 0 unspecified atom stereocenters. The summed E-state index contributed by atoms with van der Waals surface area (Å²) in [6.07, 6.45) is 1.86. The molecule has 114 valence electrons. The van der Waals surface area contributed by atoms with E-state index in [1.807, 2.05) is 36.6 Å². The average Bonchev–Trinajstić information content (AvgIpc) is 2.49. The second-order valence-electron chi connectivity index (χ2n) is 6.13. The van der Waals surface area contributed by atoms with Gasteiger partial charge in [0.25, 0.3) is 5.56 Å². The molecule has 0 fully saturated rings. The van der Waals surface area contributed by atoms with E-state index in [0.29, 0.717) is 10.9 Å². The van der Waals surface area contributed by atoms with E-state index >= 15 is 0 Å². The Kier molecular flexibility index (Phi) is 4.43. The zero-order valence-corrected chi connectivity index (χ0v) is 14.3. The first-order valence-electron chi connectivity index (χ1n) is 6.95. The monoisotopic (exact) mass is 313 g/mol. The normalized spacial score (nSPS) is 11.3. The van der Waals surface area contributed by atoms with Crippen LogP contribution in [0.3, 0.4) is 0 Å². The smallest absolute Gasteiger partial charge is 0.272 e. The van der Waals surface area contributed by atoms with E-state index in [4.69, 9.17) is 0 Å². The van der Waals surface area contributed by atoms with Crippen molar-refractivity contribution in [2.45, 2.75) is 31.3 Å². The maximum absolute atomic E-state index is 12.3. The van der Waals surface area contributed by atoms with Gasteiger partial charge >= 0.3 is 0 Å². The first kappa shape index (κ1) is 16.3. The predicted molar refractivity (Wildman–Crippen MR) is 90.1 cm³/mol. The second-order valence-corrected chi connectivity index (χ2v) is 6.90. The van der Waals surface area contributed by atoms with Crippen LogP contribution in [0, 0.1) is 11.3 Å². The van der Waals surface area contributed by atoms with Crippen molar-refractivity contribution >= 4 is 11.8 Å². The van der Waals surface area contributed by atoms with Crippen molar-refractivity contribution in [2.75, 3.05) is 6.26 Å². The van der Waals surface area contributed by atoms with Crippen molar-refractivity contribution in [1.82, 2.24) is 9.55 Å². The Balaban J connectivity index is 2.65. The molecule has 0 aliphatic rings. The summed E-state index contributed by atoms with van der Waals surface area (Å²) >= 11 is 1.39. The van der Waals surface area contributed by atoms with Gasteiger partial charge in [-0.25, -0.2) is 4.98 Å². The summed E-state index contributed by atoms with van der Waals surface area (Å²) in [4.78, 5) is 16.8. The number of aromatic nitrogens is 2.